The van der Waals surface area contributed by atoms with E-state index in [1.807, 2.05) is 31.2 Å². The van der Waals surface area contributed by atoms with Gasteiger partial charge in [0.1, 0.15) is 12.7 Å². The zero-order chi connectivity index (χ0) is 18.7. The van der Waals surface area contributed by atoms with E-state index in [2.05, 4.69) is 15.4 Å². The molecule has 0 fully saturated rings. The van der Waals surface area contributed by atoms with Crippen molar-refractivity contribution in [2.75, 3.05) is 7.11 Å². The Bertz CT molecular complexity index is 888. The van der Waals surface area contributed by atoms with Crippen LogP contribution in [0.4, 0.5) is 0 Å². The second-order valence-electron chi connectivity index (χ2n) is 5.60. The standard InChI is InChI=1S/C18H16Cl2N4O2/c1-11(12-3-5-14(6-4-12)24-10-21-9-22-24)23-18(25)13-7-15(19)17(26-2)16(20)8-13/h3-11H,1-2H3,(H,23,25)/t11-/m1/s1. The predicted molar refractivity (Wildman–Crippen MR) is 100 cm³/mol. The van der Waals surface area contributed by atoms with Crippen LogP contribution in [0, 0.1) is 0 Å². The molecule has 6 nitrogen and oxygen atoms in total. The van der Waals surface area contributed by atoms with E-state index in [0.717, 1.165) is 11.3 Å². The van der Waals surface area contributed by atoms with E-state index in [0.29, 0.717) is 11.3 Å². The van der Waals surface area contributed by atoms with Gasteiger partial charge in [0.25, 0.3) is 5.91 Å². The molecule has 134 valence electrons. The van der Waals surface area contributed by atoms with Crippen LogP contribution in [0.3, 0.4) is 0 Å². The summed E-state index contributed by atoms with van der Waals surface area (Å²) in [6, 6.07) is 10.5. The molecule has 0 aliphatic carbocycles. The lowest BCUT2D eigenvalue weighted by atomic mass is 10.1. The van der Waals surface area contributed by atoms with Crippen LogP contribution in [-0.2, 0) is 0 Å². The van der Waals surface area contributed by atoms with Gasteiger partial charge in [-0.1, -0.05) is 35.3 Å². The van der Waals surface area contributed by atoms with Crippen LogP contribution in [0.1, 0.15) is 28.9 Å². The summed E-state index contributed by atoms with van der Waals surface area (Å²) in [5.41, 5.74) is 2.21. The number of hydrogen-bond acceptors (Lipinski definition) is 4. The highest BCUT2D eigenvalue weighted by Crippen LogP contribution is 2.33. The summed E-state index contributed by atoms with van der Waals surface area (Å²) < 4.78 is 6.76. The highest BCUT2D eigenvalue weighted by Gasteiger charge is 2.16. The summed E-state index contributed by atoms with van der Waals surface area (Å²) in [5.74, 6) is 0.0749. The Kier molecular flexibility index (Phi) is 5.44. The molecule has 0 aliphatic rings. The summed E-state index contributed by atoms with van der Waals surface area (Å²) in [6.07, 6.45) is 3.10. The van der Waals surface area contributed by atoms with E-state index in [1.165, 1.54) is 25.6 Å². The lowest BCUT2D eigenvalue weighted by Gasteiger charge is -2.16. The molecule has 1 amide bonds. The molecule has 0 saturated heterocycles. The van der Waals surface area contributed by atoms with Crippen molar-refractivity contribution in [2.24, 2.45) is 0 Å². The summed E-state index contributed by atoms with van der Waals surface area (Å²) in [5, 5.41) is 7.58. The van der Waals surface area contributed by atoms with Crippen LogP contribution in [0.5, 0.6) is 5.75 Å². The topological polar surface area (TPSA) is 69.0 Å². The SMILES string of the molecule is COc1c(Cl)cc(C(=O)N[C@H](C)c2ccc(-n3cncn3)cc2)cc1Cl. The van der Waals surface area contributed by atoms with Gasteiger partial charge in [0, 0.05) is 5.56 Å². The van der Waals surface area contributed by atoms with E-state index >= 15 is 0 Å². The zero-order valence-electron chi connectivity index (χ0n) is 14.1. The lowest BCUT2D eigenvalue weighted by molar-refractivity contribution is 0.0940. The number of rotatable bonds is 5. The van der Waals surface area contributed by atoms with Gasteiger partial charge in [-0.05, 0) is 36.8 Å². The van der Waals surface area contributed by atoms with Gasteiger partial charge < -0.3 is 10.1 Å². The van der Waals surface area contributed by atoms with Crippen LogP contribution in [-0.4, -0.2) is 27.8 Å². The summed E-state index contributed by atoms with van der Waals surface area (Å²) >= 11 is 12.2. The Morgan fingerprint density at radius 2 is 1.85 bits per heavy atom. The number of nitrogens with one attached hydrogen (secondary N) is 1. The number of aromatic nitrogens is 3. The minimum Gasteiger partial charge on any atom is -0.494 e. The molecule has 1 N–H and O–H groups in total. The molecule has 0 spiro atoms. The van der Waals surface area contributed by atoms with E-state index in [4.69, 9.17) is 27.9 Å². The first-order chi connectivity index (χ1) is 12.5. The van der Waals surface area contributed by atoms with Gasteiger partial charge in [0.15, 0.2) is 5.75 Å². The van der Waals surface area contributed by atoms with Gasteiger partial charge in [-0.2, -0.15) is 5.10 Å². The van der Waals surface area contributed by atoms with Gasteiger partial charge in [-0.15, -0.1) is 0 Å². The largest absolute Gasteiger partial charge is 0.494 e. The average molecular weight is 391 g/mol. The molecular formula is C18H16Cl2N4O2. The molecule has 1 aromatic heterocycles. The van der Waals surface area contributed by atoms with Crippen molar-refractivity contribution in [2.45, 2.75) is 13.0 Å². The first kappa shape index (κ1) is 18.2. The highest BCUT2D eigenvalue weighted by molar-refractivity contribution is 6.37. The first-order valence-corrected chi connectivity index (χ1v) is 8.54. The van der Waals surface area contributed by atoms with E-state index < -0.39 is 0 Å². The molecular weight excluding hydrogens is 375 g/mol. The maximum Gasteiger partial charge on any atom is 0.251 e. The van der Waals surface area contributed by atoms with Crippen LogP contribution < -0.4 is 10.1 Å². The maximum atomic E-state index is 12.5. The molecule has 0 unspecified atom stereocenters. The van der Waals surface area contributed by atoms with Gasteiger partial charge in [0.05, 0.1) is 28.9 Å². The molecule has 8 heteroatoms. The number of hydrogen-bond donors (Lipinski definition) is 1. The molecule has 0 radical (unpaired) electrons. The molecule has 0 saturated carbocycles. The third-order valence-electron chi connectivity index (χ3n) is 3.89. The number of amides is 1. The van der Waals surface area contributed by atoms with Crippen molar-refractivity contribution >= 4 is 29.1 Å². The minimum absolute atomic E-state index is 0.202. The average Bonchev–Trinajstić information content (AvgIpc) is 3.16. The van der Waals surface area contributed by atoms with Crippen molar-refractivity contribution < 1.29 is 9.53 Å². The molecule has 3 aromatic rings. The minimum atomic E-state index is -0.274. The smallest absolute Gasteiger partial charge is 0.251 e. The van der Waals surface area contributed by atoms with Gasteiger partial charge in [0.2, 0.25) is 0 Å². The number of halogens is 2. The number of nitrogens with zero attached hydrogens (tertiary/aromatic N) is 3. The van der Waals surface area contributed by atoms with Gasteiger partial charge >= 0.3 is 0 Å². The van der Waals surface area contributed by atoms with Crippen LogP contribution in [0.25, 0.3) is 5.69 Å². The van der Waals surface area contributed by atoms with E-state index in [-0.39, 0.29) is 22.0 Å². The number of carbonyl (C=O) groups excluding carboxylic acids is 1. The normalized spacial score (nSPS) is 11.8. The van der Waals surface area contributed by atoms with Crippen LogP contribution >= 0.6 is 23.2 Å². The fourth-order valence-electron chi connectivity index (χ4n) is 2.51. The molecule has 1 heterocycles. The third kappa shape index (κ3) is 3.81. The van der Waals surface area contributed by atoms with Crippen molar-refractivity contribution in [3.8, 4) is 11.4 Å². The Morgan fingerprint density at radius 3 is 2.38 bits per heavy atom. The van der Waals surface area contributed by atoms with Gasteiger partial charge in [-0.3, -0.25) is 4.79 Å². The monoisotopic (exact) mass is 390 g/mol. The van der Waals surface area contributed by atoms with Crippen molar-refractivity contribution in [1.29, 1.82) is 0 Å². The maximum absolute atomic E-state index is 12.5. The summed E-state index contributed by atoms with van der Waals surface area (Å²) in [4.78, 5) is 16.4. The van der Waals surface area contributed by atoms with Crippen LogP contribution in [0.15, 0.2) is 49.1 Å². The molecule has 26 heavy (non-hydrogen) atoms. The fraction of sp³-hybridized carbons (Fsp3) is 0.167. The molecule has 2 aromatic carbocycles. The quantitative estimate of drug-likeness (QED) is 0.712. The molecule has 0 aliphatic heterocycles. The highest BCUT2D eigenvalue weighted by atomic mass is 35.5. The predicted octanol–water partition coefficient (Wildman–Crippen LogP) is 4.07. The number of carbonyl (C=O) groups is 1. The number of methoxy groups -OCH3 is 1. The fourth-order valence-corrected chi connectivity index (χ4v) is 3.15. The van der Waals surface area contributed by atoms with Crippen molar-refractivity contribution in [1.82, 2.24) is 20.1 Å². The third-order valence-corrected chi connectivity index (χ3v) is 4.45. The van der Waals surface area contributed by atoms with Crippen molar-refractivity contribution in [3.63, 3.8) is 0 Å². The Morgan fingerprint density at radius 1 is 1.19 bits per heavy atom. The second kappa shape index (κ2) is 7.76. The summed E-state index contributed by atoms with van der Waals surface area (Å²) in [6.45, 7) is 1.90. The Balaban J connectivity index is 1.73. The first-order valence-electron chi connectivity index (χ1n) is 7.78. The number of ether oxygens (including phenoxy) is 1. The molecule has 1 atom stereocenters. The van der Waals surface area contributed by atoms with E-state index in [9.17, 15) is 4.79 Å². The molecule has 0 bridgehead atoms. The Hall–Kier alpha value is -2.57. The lowest BCUT2D eigenvalue weighted by Crippen LogP contribution is -2.26. The van der Waals surface area contributed by atoms with Crippen LogP contribution in [0.2, 0.25) is 10.0 Å². The summed E-state index contributed by atoms with van der Waals surface area (Å²) in [7, 11) is 1.47. The van der Waals surface area contributed by atoms with Crippen molar-refractivity contribution in [3.05, 3.63) is 70.2 Å². The number of benzene rings is 2. The van der Waals surface area contributed by atoms with Gasteiger partial charge in [-0.25, -0.2) is 9.67 Å². The Labute approximate surface area is 160 Å². The van der Waals surface area contributed by atoms with E-state index in [1.54, 1.807) is 11.0 Å². The second-order valence-corrected chi connectivity index (χ2v) is 6.41. The zero-order valence-corrected chi connectivity index (χ0v) is 15.6. The molecule has 3 rings (SSSR count).